The zero-order valence-corrected chi connectivity index (χ0v) is 12.5. The molecule has 1 fully saturated rings. The van der Waals surface area contributed by atoms with E-state index in [1.807, 2.05) is 18.2 Å². The third-order valence-electron chi connectivity index (χ3n) is 4.39. The van der Waals surface area contributed by atoms with E-state index in [0.717, 1.165) is 12.5 Å². The van der Waals surface area contributed by atoms with Crippen LogP contribution in [0.3, 0.4) is 0 Å². The number of nitriles is 1. The van der Waals surface area contributed by atoms with Gasteiger partial charge in [-0.2, -0.15) is 5.26 Å². The molecule has 1 aromatic carbocycles. The summed E-state index contributed by atoms with van der Waals surface area (Å²) in [4.78, 5) is 0. The first-order valence-electron chi connectivity index (χ1n) is 7.58. The van der Waals surface area contributed by atoms with Gasteiger partial charge in [-0.25, -0.2) is 0 Å². The summed E-state index contributed by atoms with van der Waals surface area (Å²) in [5.41, 5.74) is 1.78. The van der Waals surface area contributed by atoms with Crippen LogP contribution in [0.4, 0.5) is 0 Å². The van der Waals surface area contributed by atoms with Crippen molar-refractivity contribution in [2.75, 3.05) is 7.11 Å². The minimum atomic E-state index is 0.598. The van der Waals surface area contributed by atoms with Crippen molar-refractivity contribution in [3.63, 3.8) is 0 Å². The van der Waals surface area contributed by atoms with Crippen LogP contribution in [0.2, 0.25) is 0 Å². The molecule has 1 N–H and O–H groups in total. The molecule has 1 aliphatic carbocycles. The molecular formula is C17H24N2O. The smallest absolute Gasteiger partial charge is 0.136 e. The maximum Gasteiger partial charge on any atom is 0.136 e. The first kappa shape index (κ1) is 14.9. The molecular weight excluding hydrogens is 248 g/mol. The summed E-state index contributed by atoms with van der Waals surface area (Å²) in [6, 6.07) is 8.61. The summed E-state index contributed by atoms with van der Waals surface area (Å²) in [5.74, 6) is 1.48. The Kier molecular flexibility index (Phi) is 5.43. The van der Waals surface area contributed by atoms with Gasteiger partial charge in [-0.15, -0.1) is 0 Å². The standard InChI is InChI=1S/C17H24N2O/c1-3-14-6-4-5-7-16(14)19-12-13-8-9-15(11-18)17(10-13)20-2/h8-10,14,16,19H,3-7,12H2,1-2H3. The Hall–Kier alpha value is -1.53. The Labute approximate surface area is 121 Å². The number of rotatable bonds is 5. The van der Waals surface area contributed by atoms with Crippen molar-refractivity contribution in [3.8, 4) is 11.8 Å². The lowest BCUT2D eigenvalue weighted by molar-refractivity contribution is 0.254. The van der Waals surface area contributed by atoms with Crippen molar-refractivity contribution in [3.05, 3.63) is 29.3 Å². The molecule has 0 saturated heterocycles. The molecule has 0 bridgehead atoms. The van der Waals surface area contributed by atoms with E-state index >= 15 is 0 Å². The largest absolute Gasteiger partial charge is 0.495 e. The van der Waals surface area contributed by atoms with Gasteiger partial charge in [-0.1, -0.05) is 32.3 Å². The van der Waals surface area contributed by atoms with Gasteiger partial charge in [-0.3, -0.25) is 0 Å². The lowest BCUT2D eigenvalue weighted by Gasteiger charge is -2.31. The van der Waals surface area contributed by atoms with Crippen LogP contribution in [0.1, 0.15) is 50.2 Å². The Balaban J connectivity index is 1.98. The topological polar surface area (TPSA) is 45.0 Å². The van der Waals surface area contributed by atoms with E-state index in [4.69, 9.17) is 10.00 Å². The van der Waals surface area contributed by atoms with Crippen LogP contribution < -0.4 is 10.1 Å². The van der Waals surface area contributed by atoms with Crippen LogP contribution in [-0.2, 0) is 6.54 Å². The van der Waals surface area contributed by atoms with Gasteiger partial charge in [0.1, 0.15) is 11.8 Å². The van der Waals surface area contributed by atoms with Gasteiger partial charge < -0.3 is 10.1 Å². The van der Waals surface area contributed by atoms with E-state index in [9.17, 15) is 0 Å². The zero-order valence-electron chi connectivity index (χ0n) is 12.5. The van der Waals surface area contributed by atoms with E-state index in [0.29, 0.717) is 17.4 Å². The van der Waals surface area contributed by atoms with Crippen LogP contribution in [0.5, 0.6) is 5.75 Å². The van der Waals surface area contributed by atoms with Crippen molar-refractivity contribution < 1.29 is 4.74 Å². The minimum Gasteiger partial charge on any atom is -0.495 e. The normalized spacial score (nSPS) is 22.2. The number of nitrogens with zero attached hydrogens (tertiary/aromatic N) is 1. The molecule has 0 spiro atoms. The second-order valence-corrected chi connectivity index (χ2v) is 5.59. The van der Waals surface area contributed by atoms with E-state index in [1.54, 1.807) is 7.11 Å². The average molecular weight is 272 g/mol. The van der Waals surface area contributed by atoms with Gasteiger partial charge in [0.05, 0.1) is 12.7 Å². The summed E-state index contributed by atoms with van der Waals surface area (Å²) in [5, 5.41) is 12.7. The Bertz CT molecular complexity index is 478. The Morgan fingerprint density at radius 1 is 1.35 bits per heavy atom. The van der Waals surface area contributed by atoms with Crippen molar-refractivity contribution in [2.45, 2.75) is 51.6 Å². The van der Waals surface area contributed by atoms with Crippen molar-refractivity contribution in [1.29, 1.82) is 5.26 Å². The van der Waals surface area contributed by atoms with E-state index in [2.05, 4.69) is 18.3 Å². The van der Waals surface area contributed by atoms with Gasteiger partial charge in [0, 0.05) is 12.6 Å². The monoisotopic (exact) mass is 272 g/mol. The number of methoxy groups -OCH3 is 1. The fourth-order valence-corrected chi connectivity index (χ4v) is 3.15. The number of nitrogens with one attached hydrogen (secondary N) is 1. The molecule has 0 amide bonds. The highest BCUT2D eigenvalue weighted by molar-refractivity contribution is 5.45. The van der Waals surface area contributed by atoms with Crippen LogP contribution in [0.15, 0.2) is 18.2 Å². The lowest BCUT2D eigenvalue weighted by atomic mass is 9.83. The molecule has 1 aliphatic rings. The molecule has 0 aliphatic heterocycles. The molecule has 2 atom stereocenters. The molecule has 0 radical (unpaired) electrons. The second kappa shape index (κ2) is 7.31. The number of hydrogen-bond donors (Lipinski definition) is 1. The van der Waals surface area contributed by atoms with Crippen LogP contribution in [-0.4, -0.2) is 13.2 Å². The van der Waals surface area contributed by atoms with Gasteiger partial charge in [-0.05, 0) is 36.5 Å². The van der Waals surface area contributed by atoms with E-state index in [-0.39, 0.29) is 0 Å². The maximum absolute atomic E-state index is 9.00. The first-order valence-corrected chi connectivity index (χ1v) is 7.58. The fraction of sp³-hybridized carbons (Fsp3) is 0.588. The molecule has 20 heavy (non-hydrogen) atoms. The van der Waals surface area contributed by atoms with Gasteiger partial charge >= 0.3 is 0 Å². The molecule has 1 saturated carbocycles. The number of hydrogen-bond acceptors (Lipinski definition) is 3. The van der Waals surface area contributed by atoms with Crippen LogP contribution in [0, 0.1) is 17.2 Å². The molecule has 1 aromatic rings. The number of benzene rings is 1. The zero-order chi connectivity index (χ0) is 14.4. The summed E-state index contributed by atoms with van der Waals surface area (Å²) < 4.78 is 5.26. The lowest BCUT2D eigenvalue weighted by Crippen LogP contribution is -2.37. The third kappa shape index (κ3) is 3.52. The highest BCUT2D eigenvalue weighted by Gasteiger charge is 2.22. The fourth-order valence-electron chi connectivity index (χ4n) is 3.15. The maximum atomic E-state index is 9.00. The second-order valence-electron chi connectivity index (χ2n) is 5.59. The summed E-state index contributed by atoms with van der Waals surface area (Å²) in [6.45, 7) is 3.14. The summed E-state index contributed by atoms with van der Waals surface area (Å²) >= 11 is 0. The molecule has 0 heterocycles. The molecule has 108 valence electrons. The van der Waals surface area contributed by atoms with E-state index < -0.39 is 0 Å². The van der Waals surface area contributed by atoms with E-state index in [1.165, 1.54) is 37.7 Å². The summed E-state index contributed by atoms with van der Waals surface area (Å²) in [6.07, 6.45) is 6.61. The first-order chi connectivity index (χ1) is 9.78. The SMILES string of the molecule is CCC1CCCCC1NCc1ccc(C#N)c(OC)c1. The van der Waals surface area contributed by atoms with Gasteiger partial charge in [0.2, 0.25) is 0 Å². The van der Waals surface area contributed by atoms with Crippen LogP contribution >= 0.6 is 0 Å². The van der Waals surface area contributed by atoms with Crippen molar-refractivity contribution in [1.82, 2.24) is 5.32 Å². The minimum absolute atomic E-state index is 0.598. The molecule has 0 aromatic heterocycles. The van der Waals surface area contributed by atoms with Crippen LogP contribution in [0.25, 0.3) is 0 Å². The molecule has 2 unspecified atom stereocenters. The van der Waals surface area contributed by atoms with Gasteiger partial charge in [0.25, 0.3) is 0 Å². The quantitative estimate of drug-likeness (QED) is 0.890. The third-order valence-corrected chi connectivity index (χ3v) is 4.39. The summed E-state index contributed by atoms with van der Waals surface area (Å²) in [7, 11) is 1.61. The molecule has 3 nitrogen and oxygen atoms in total. The highest BCUT2D eigenvalue weighted by Crippen LogP contribution is 2.27. The predicted molar refractivity (Wildman–Crippen MR) is 80.6 cm³/mol. The highest BCUT2D eigenvalue weighted by atomic mass is 16.5. The predicted octanol–water partition coefficient (Wildman–Crippen LogP) is 3.63. The Morgan fingerprint density at radius 3 is 2.85 bits per heavy atom. The average Bonchev–Trinajstić information content (AvgIpc) is 2.52. The van der Waals surface area contributed by atoms with Crippen molar-refractivity contribution >= 4 is 0 Å². The Morgan fingerprint density at radius 2 is 2.15 bits per heavy atom. The number of ether oxygens (including phenoxy) is 1. The molecule has 2 rings (SSSR count). The van der Waals surface area contributed by atoms with Crippen molar-refractivity contribution in [2.24, 2.45) is 5.92 Å². The molecule has 3 heteroatoms. The van der Waals surface area contributed by atoms with Gasteiger partial charge in [0.15, 0.2) is 0 Å².